The molecular formula is C20H23N5O. The second-order valence-electron chi connectivity index (χ2n) is 6.72. The van der Waals surface area contributed by atoms with Gasteiger partial charge in [0.05, 0.1) is 17.9 Å². The molecule has 1 aliphatic rings. The normalized spacial score (nSPS) is 16.7. The second kappa shape index (κ2) is 7.27. The highest BCUT2D eigenvalue weighted by molar-refractivity contribution is 5.95. The predicted octanol–water partition coefficient (Wildman–Crippen LogP) is 3.97. The third-order valence-corrected chi connectivity index (χ3v) is 4.88. The van der Waals surface area contributed by atoms with Crippen LogP contribution in [0, 0.1) is 0 Å². The van der Waals surface area contributed by atoms with Crippen molar-refractivity contribution in [1.82, 2.24) is 14.4 Å². The van der Waals surface area contributed by atoms with Gasteiger partial charge >= 0.3 is 0 Å². The van der Waals surface area contributed by atoms with Gasteiger partial charge in [0.25, 0.3) is 0 Å². The maximum Gasteiger partial charge on any atom is 0.221 e. The van der Waals surface area contributed by atoms with Crippen LogP contribution in [0.4, 0.5) is 11.4 Å². The maximum absolute atomic E-state index is 10.8. The molecule has 0 spiro atoms. The third-order valence-electron chi connectivity index (χ3n) is 4.88. The standard InChI is InChI=1S/C20H23N5O/c1-23-11-13-24(14-12-23)15-25-18-10-6-5-9-17(18)19(20(25)26)22-21-16-7-3-2-4-8-16/h2-10,26H,11-15H2,1H3. The van der Waals surface area contributed by atoms with Crippen LogP contribution < -0.4 is 0 Å². The van der Waals surface area contributed by atoms with Crippen molar-refractivity contribution in [1.29, 1.82) is 0 Å². The van der Waals surface area contributed by atoms with Gasteiger partial charge in [-0.1, -0.05) is 36.4 Å². The smallest absolute Gasteiger partial charge is 0.221 e. The lowest BCUT2D eigenvalue weighted by atomic mass is 10.2. The van der Waals surface area contributed by atoms with Crippen molar-refractivity contribution in [3.8, 4) is 5.88 Å². The number of nitrogens with zero attached hydrogens (tertiary/aromatic N) is 5. The molecule has 1 fully saturated rings. The van der Waals surface area contributed by atoms with Crippen LogP contribution in [0.5, 0.6) is 5.88 Å². The highest BCUT2D eigenvalue weighted by atomic mass is 16.3. The summed E-state index contributed by atoms with van der Waals surface area (Å²) in [6.45, 7) is 4.72. The summed E-state index contributed by atoms with van der Waals surface area (Å²) in [7, 11) is 2.14. The summed E-state index contributed by atoms with van der Waals surface area (Å²) < 4.78 is 1.93. The first-order valence-electron chi connectivity index (χ1n) is 8.90. The Morgan fingerprint density at radius 3 is 2.35 bits per heavy atom. The molecule has 4 rings (SSSR count). The summed E-state index contributed by atoms with van der Waals surface area (Å²) in [6.07, 6.45) is 0. The molecule has 0 atom stereocenters. The van der Waals surface area contributed by atoms with Gasteiger partial charge in [-0.25, -0.2) is 0 Å². The quantitative estimate of drug-likeness (QED) is 0.725. The van der Waals surface area contributed by atoms with Gasteiger partial charge in [0.1, 0.15) is 0 Å². The number of rotatable bonds is 4. The molecule has 6 nitrogen and oxygen atoms in total. The van der Waals surface area contributed by atoms with Crippen LogP contribution in [0.3, 0.4) is 0 Å². The van der Waals surface area contributed by atoms with Crippen molar-refractivity contribution in [3.63, 3.8) is 0 Å². The monoisotopic (exact) mass is 349 g/mol. The molecule has 1 saturated heterocycles. The lowest BCUT2D eigenvalue weighted by Crippen LogP contribution is -2.44. The number of azo groups is 1. The Labute approximate surface area is 153 Å². The highest BCUT2D eigenvalue weighted by Crippen LogP contribution is 2.39. The van der Waals surface area contributed by atoms with Gasteiger partial charge in [0, 0.05) is 31.6 Å². The fraction of sp³-hybridized carbons (Fsp3) is 0.300. The molecular weight excluding hydrogens is 326 g/mol. The molecule has 1 N–H and O–H groups in total. The van der Waals surface area contributed by atoms with Crippen LogP contribution in [-0.2, 0) is 6.67 Å². The van der Waals surface area contributed by atoms with E-state index in [-0.39, 0.29) is 5.88 Å². The largest absolute Gasteiger partial charge is 0.493 e. The number of para-hydroxylation sites is 1. The van der Waals surface area contributed by atoms with Gasteiger partial charge in [-0.05, 0) is 25.2 Å². The molecule has 0 saturated carbocycles. The van der Waals surface area contributed by atoms with Gasteiger partial charge in [-0.15, -0.1) is 5.11 Å². The molecule has 0 bridgehead atoms. The predicted molar refractivity (Wildman–Crippen MR) is 103 cm³/mol. The first kappa shape index (κ1) is 16.8. The number of hydrogen-bond donors (Lipinski definition) is 1. The number of fused-ring (bicyclic) bond motifs is 1. The molecule has 2 heterocycles. The average molecular weight is 349 g/mol. The zero-order valence-electron chi connectivity index (χ0n) is 14.9. The zero-order valence-corrected chi connectivity index (χ0v) is 14.9. The van der Waals surface area contributed by atoms with Crippen LogP contribution in [0.2, 0.25) is 0 Å². The Hall–Kier alpha value is -2.70. The maximum atomic E-state index is 10.8. The zero-order chi connectivity index (χ0) is 17.9. The molecule has 1 aliphatic heterocycles. The minimum Gasteiger partial charge on any atom is -0.493 e. The van der Waals surface area contributed by atoms with Crippen molar-refractivity contribution in [2.75, 3.05) is 33.2 Å². The van der Waals surface area contributed by atoms with Crippen molar-refractivity contribution in [2.45, 2.75) is 6.67 Å². The van der Waals surface area contributed by atoms with Crippen LogP contribution in [0.15, 0.2) is 64.8 Å². The van der Waals surface area contributed by atoms with E-state index < -0.39 is 0 Å². The Balaban J connectivity index is 1.68. The Morgan fingerprint density at radius 1 is 0.885 bits per heavy atom. The molecule has 134 valence electrons. The van der Waals surface area contributed by atoms with Crippen LogP contribution in [0.1, 0.15) is 0 Å². The number of hydrogen-bond acceptors (Lipinski definition) is 5. The molecule has 0 radical (unpaired) electrons. The fourth-order valence-corrected chi connectivity index (χ4v) is 3.31. The van der Waals surface area contributed by atoms with Gasteiger partial charge in [0.15, 0.2) is 5.69 Å². The summed E-state index contributed by atoms with van der Waals surface area (Å²) >= 11 is 0. The third kappa shape index (κ3) is 3.34. The molecule has 1 aromatic heterocycles. The second-order valence-corrected chi connectivity index (χ2v) is 6.72. The lowest BCUT2D eigenvalue weighted by molar-refractivity contribution is 0.123. The first-order valence-corrected chi connectivity index (χ1v) is 8.90. The number of aromatic nitrogens is 1. The Bertz CT molecular complexity index is 911. The molecule has 26 heavy (non-hydrogen) atoms. The van der Waals surface area contributed by atoms with E-state index in [0.717, 1.165) is 42.8 Å². The van der Waals surface area contributed by atoms with Gasteiger partial charge in [-0.2, -0.15) is 5.11 Å². The molecule has 0 unspecified atom stereocenters. The molecule has 0 amide bonds. The van der Waals surface area contributed by atoms with Gasteiger partial charge in [0.2, 0.25) is 5.88 Å². The highest BCUT2D eigenvalue weighted by Gasteiger charge is 2.20. The number of aromatic hydroxyl groups is 1. The van der Waals surface area contributed by atoms with Gasteiger partial charge < -0.3 is 10.0 Å². The van der Waals surface area contributed by atoms with Crippen LogP contribution in [-0.4, -0.2) is 52.7 Å². The number of benzene rings is 2. The van der Waals surface area contributed by atoms with Crippen molar-refractivity contribution >= 4 is 22.3 Å². The van der Waals surface area contributed by atoms with Crippen molar-refractivity contribution < 1.29 is 5.11 Å². The lowest BCUT2D eigenvalue weighted by Gasteiger charge is -2.32. The summed E-state index contributed by atoms with van der Waals surface area (Å²) in [5, 5.41) is 20.4. The van der Waals surface area contributed by atoms with E-state index in [4.69, 9.17) is 0 Å². The minimum atomic E-state index is 0.171. The fourth-order valence-electron chi connectivity index (χ4n) is 3.31. The minimum absolute atomic E-state index is 0.171. The van der Waals surface area contributed by atoms with Gasteiger partial charge in [-0.3, -0.25) is 9.47 Å². The topological polar surface area (TPSA) is 56.4 Å². The molecule has 6 heteroatoms. The van der Waals surface area contributed by atoms with E-state index in [1.807, 2.05) is 59.2 Å². The van der Waals surface area contributed by atoms with Crippen molar-refractivity contribution in [2.24, 2.45) is 10.2 Å². The first-order chi connectivity index (χ1) is 12.7. The Morgan fingerprint density at radius 2 is 1.58 bits per heavy atom. The number of piperazine rings is 1. The Kier molecular flexibility index (Phi) is 4.69. The number of likely N-dealkylation sites (N-methyl/N-ethyl adjacent to an activating group) is 1. The van der Waals surface area contributed by atoms with Crippen LogP contribution >= 0.6 is 0 Å². The van der Waals surface area contributed by atoms with E-state index in [9.17, 15) is 5.11 Å². The van der Waals surface area contributed by atoms with Crippen LogP contribution in [0.25, 0.3) is 10.9 Å². The average Bonchev–Trinajstić information content (AvgIpc) is 2.94. The van der Waals surface area contributed by atoms with Crippen molar-refractivity contribution in [3.05, 3.63) is 54.6 Å². The summed E-state index contributed by atoms with van der Waals surface area (Å²) in [5.41, 5.74) is 2.27. The molecule has 0 aliphatic carbocycles. The molecule has 2 aromatic carbocycles. The van der Waals surface area contributed by atoms with E-state index in [1.54, 1.807) is 0 Å². The summed E-state index contributed by atoms with van der Waals surface area (Å²) in [6, 6.07) is 17.5. The van der Waals surface area contributed by atoms with E-state index >= 15 is 0 Å². The summed E-state index contributed by atoms with van der Waals surface area (Å²) in [5.74, 6) is 0.171. The summed E-state index contributed by atoms with van der Waals surface area (Å²) in [4.78, 5) is 4.67. The van der Waals surface area contributed by atoms with E-state index in [1.165, 1.54) is 0 Å². The SMILES string of the molecule is CN1CCN(Cn2c(O)c(N=Nc3ccccc3)c3ccccc32)CC1. The van der Waals surface area contributed by atoms with E-state index in [0.29, 0.717) is 12.4 Å². The molecule has 3 aromatic rings. The van der Waals surface area contributed by atoms with E-state index in [2.05, 4.69) is 27.1 Å².